The van der Waals surface area contributed by atoms with Crippen LogP contribution in [0.1, 0.15) is 56.0 Å². The van der Waals surface area contributed by atoms with E-state index in [9.17, 15) is 9.90 Å². The highest BCUT2D eigenvalue weighted by Gasteiger charge is 2.36. The lowest BCUT2D eigenvalue weighted by Crippen LogP contribution is -2.29. The van der Waals surface area contributed by atoms with Crippen molar-refractivity contribution in [3.05, 3.63) is 47.0 Å². The van der Waals surface area contributed by atoms with Crippen molar-refractivity contribution in [2.24, 2.45) is 11.8 Å². The molecular weight excluding hydrogens is 298 g/mol. The number of nitrogens with zero attached hydrogens (tertiary/aromatic N) is 1. The summed E-state index contributed by atoms with van der Waals surface area (Å²) in [4.78, 5) is 14.9. The number of fused-ring (bicyclic) bond motifs is 1. The van der Waals surface area contributed by atoms with E-state index in [0.29, 0.717) is 18.3 Å². The molecule has 3 heteroatoms. The quantitative estimate of drug-likeness (QED) is 0.854. The molecule has 2 aliphatic rings. The predicted octanol–water partition coefficient (Wildman–Crippen LogP) is 3.82. The van der Waals surface area contributed by atoms with Gasteiger partial charge < -0.3 is 10.0 Å². The van der Waals surface area contributed by atoms with Gasteiger partial charge in [-0.3, -0.25) is 4.79 Å². The van der Waals surface area contributed by atoms with Crippen LogP contribution in [0.15, 0.2) is 35.9 Å². The van der Waals surface area contributed by atoms with Gasteiger partial charge in [0.15, 0.2) is 0 Å². The first-order chi connectivity index (χ1) is 11.3. The van der Waals surface area contributed by atoms with E-state index in [1.807, 2.05) is 43.0 Å². The van der Waals surface area contributed by atoms with E-state index in [0.717, 1.165) is 43.5 Å². The molecule has 130 valence electrons. The summed E-state index contributed by atoms with van der Waals surface area (Å²) in [6, 6.07) is 7.92. The molecule has 1 aliphatic carbocycles. The minimum absolute atomic E-state index is 0.159. The third-order valence-corrected chi connectivity index (χ3v) is 5.42. The summed E-state index contributed by atoms with van der Waals surface area (Å²) in [5.74, 6) is 1.43. The van der Waals surface area contributed by atoms with Gasteiger partial charge in [0, 0.05) is 18.7 Å². The molecule has 0 aromatic heterocycles. The minimum Gasteiger partial charge on any atom is -0.390 e. The minimum atomic E-state index is -0.671. The smallest absolute Gasteiger partial charge is 0.253 e. The van der Waals surface area contributed by atoms with E-state index in [1.54, 1.807) is 0 Å². The Kier molecular flexibility index (Phi) is 4.82. The second kappa shape index (κ2) is 6.72. The number of carbonyl (C=O) groups excluding carboxylic acids is 1. The number of aliphatic hydroxyl groups is 1. The molecule has 2 atom stereocenters. The maximum atomic E-state index is 12.9. The molecule has 1 aromatic carbocycles. The van der Waals surface area contributed by atoms with E-state index in [4.69, 9.17) is 0 Å². The van der Waals surface area contributed by atoms with Crippen molar-refractivity contribution in [2.45, 2.75) is 52.1 Å². The molecule has 0 radical (unpaired) electrons. The summed E-state index contributed by atoms with van der Waals surface area (Å²) in [6.07, 6.45) is 6.08. The average molecular weight is 327 g/mol. The molecule has 0 spiro atoms. The van der Waals surface area contributed by atoms with Crippen LogP contribution in [0.3, 0.4) is 0 Å². The Morgan fingerprint density at radius 1 is 1.29 bits per heavy atom. The van der Waals surface area contributed by atoms with Gasteiger partial charge in [-0.2, -0.15) is 0 Å². The maximum absolute atomic E-state index is 12.9. The van der Waals surface area contributed by atoms with Gasteiger partial charge in [0.1, 0.15) is 0 Å². The summed E-state index contributed by atoms with van der Waals surface area (Å²) in [5.41, 5.74) is 2.71. The lowest BCUT2D eigenvalue weighted by molar-refractivity contribution is 0.0714. The third kappa shape index (κ3) is 4.07. The average Bonchev–Trinajstić information content (AvgIpc) is 2.95. The SMILES string of the molecule is CC1=CC[C@@H]2CN(C(=O)c3cccc(CCC(C)(C)O)c3)C[C@@H]2C1. The van der Waals surface area contributed by atoms with Crippen molar-refractivity contribution >= 4 is 5.91 Å². The van der Waals surface area contributed by atoms with Gasteiger partial charge in [-0.05, 0) is 76.0 Å². The molecule has 1 aromatic rings. The highest BCUT2D eigenvalue weighted by molar-refractivity contribution is 5.94. The lowest BCUT2D eigenvalue weighted by atomic mass is 9.83. The molecule has 0 saturated carbocycles. The molecule has 3 nitrogen and oxygen atoms in total. The molecule has 0 unspecified atom stereocenters. The van der Waals surface area contributed by atoms with Crippen molar-refractivity contribution in [3.63, 3.8) is 0 Å². The predicted molar refractivity (Wildman–Crippen MR) is 96.9 cm³/mol. The molecule has 1 saturated heterocycles. The third-order valence-electron chi connectivity index (χ3n) is 5.42. The maximum Gasteiger partial charge on any atom is 0.253 e. The lowest BCUT2D eigenvalue weighted by Gasteiger charge is -2.21. The summed E-state index contributed by atoms with van der Waals surface area (Å²) in [5, 5.41) is 9.89. The summed E-state index contributed by atoms with van der Waals surface area (Å²) in [6.45, 7) is 7.63. The zero-order chi connectivity index (χ0) is 17.3. The fraction of sp³-hybridized carbons (Fsp3) is 0.571. The van der Waals surface area contributed by atoms with Gasteiger partial charge in [0.2, 0.25) is 0 Å². The van der Waals surface area contributed by atoms with Crippen molar-refractivity contribution in [2.75, 3.05) is 13.1 Å². The van der Waals surface area contributed by atoms with Gasteiger partial charge >= 0.3 is 0 Å². The highest BCUT2D eigenvalue weighted by atomic mass is 16.3. The largest absolute Gasteiger partial charge is 0.390 e. The van der Waals surface area contributed by atoms with Crippen molar-refractivity contribution in [1.82, 2.24) is 4.90 Å². The summed E-state index contributed by atoms with van der Waals surface area (Å²) in [7, 11) is 0. The Balaban J connectivity index is 1.66. The summed E-state index contributed by atoms with van der Waals surface area (Å²) >= 11 is 0. The number of rotatable bonds is 4. The highest BCUT2D eigenvalue weighted by Crippen LogP contribution is 2.36. The van der Waals surface area contributed by atoms with Crippen LogP contribution >= 0.6 is 0 Å². The van der Waals surface area contributed by atoms with Crippen LogP contribution in [0.25, 0.3) is 0 Å². The van der Waals surface area contributed by atoms with Crippen molar-refractivity contribution in [1.29, 1.82) is 0 Å². The number of benzene rings is 1. The monoisotopic (exact) mass is 327 g/mol. The molecular formula is C21H29NO2. The van der Waals surface area contributed by atoms with E-state index in [2.05, 4.69) is 13.0 Å². The first-order valence-electron chi connectivity index (χ1n) is 9.08. The number of amides is 1. The zero-order valence-corrected chi connectivity index (χ0v) is 15.1. The number of hydrogen-bond acceptors (Lipinski definition) is 2. The Morgan fingerprint density at radius 3 is 2.79 bits per heavy atom. The van der Waals surface area contributed by atoms with E-state index < -0.39 is 5.60 Å². The molecule has 1 N–H and O–H groups in total. The van der Waals surface area contributed by atoms with Gasteiger partial charge in [0.25, 0.3) is 5.91 Å². The van der Waals surface area contributed by atoms with Gasteiger partial charge in [-0.25, -0.2) is 0 Å². The Morgan fingerprint density at radius 2 is 2.04 bits per heavy atom. The van der Waals surface area contributed by atoms with Gasteiger partial charge in [-0.15, -0.1) is 0 Å². The molecule has 1 heterocycles. The standard InChI is InChI=1S/C21H29NO2/c1-15-7-8-18-13-22(14-19(18)11-15)20(23)17-6-4-5-16(12-17)9-10-21(2,3)24/h4-7,12,18-19,24H,8-11,13-14H2,1-3H3/t18-,19+/m1/s1. The van der Waals surface area contributed by atoms with E-state index in [1.165, 1.54) is 5.57 Å². The number of likely N-dealkylation sites (tertiary alicyclic amines) is 1. The van der Waals surface area contributed by atoms with Crippen LogP contribution in [0, 0.1) is 11.8 Å². The summed E-state index contributed by atoms with van der Waals surface area (Å²) < 4.78 is 0. The van der Waals surface area contributed by atoms with E-state index >= 15 is 0 Å². The van der Waals surface area contributed by atoms with Crippen LogP contribution in [-0.4, -0.2) is 34.6 Å². The number of hydrogen-bond donors (Lipinski definition) is 1. The molecule has 1 aliphatic heterocycles. The van der Waals surface area contributed by atoms with Crippen molar-refractivity contribution < 1.29 is 9.90 Å². The zero-order valence-electron chi connectivity index (χ0n) is 15.1. The second-order valence-corrected chi connectivity index (χ2v) is 8.23. The Labute approximate surface area is 145 Å². The molecule has 3 rings (SSSR count). The fourth-order valence-corrected chi connectivity index (χ4v) is 3.94. The van der Waals surface area contributed by atoms with Crippen molar-refractivity contribution in [3.8, 4) is 0 Å². The normalized spacial score (nSPS) is 23.8. The number of carbonyl (C=O) groups is 1. The Hall–Kier alpha value is -1.61. The van der Waals surface area contributed by atoms with Crippen LogP contribution < -0.4 is 0 Å². The molecule has 24 heavy (non-hydrogen) atoms. The molecule has 0 bridgehead atoms. The van der Waals surface area contributed by atoms with Crippen LogP contribution in [0.2, 0.25) is 0 Å². The Bertz CT molecular complexity index is 641. The van der Waals surface area contributed by atoms with Gasteiger partial charge in [0.05, 0.1) is 5.60 Å². The molecule has 1 amide bonds. The topological polar surface area (TPSA) is 40.5 Å². The first kappa shape index (κ1) is 17.2. The number of allylic oxidation sites excluding steroid dienone is 2. The van der Waals surface area contributed by atoms with Crippen LogP contribution in [0.5, 0.6) is 0 Å². The van der Waals surface area contributed by atoms with Crippen LogP contribution in [0.4, 0.5) is 0 Å². The van der Waals surface area contributed by atoms with Gasteiger partial charge in [-0.1, -0.05) is 23.8 Å². The van der Waals surface area contributed by atoms with E-state index in [-0.39, 0.29) is 5.91 Å². The first-order valence-corrected chi connectivity index (χ1v) is 9.08. The van der Waals surface area contributed by atoms with Crippen LogP contribution in [-0.2, 0) is 6.42 Å². The molecule has 1 fully saturated rings. The second-order valence-electron chi connectivity index (χ2n) is 8.23. The fourth-order valence-electron chi connectivity index (χ4n) is 3.94. The number of aryl methyl sites for hydroxylation is 1.